The fraction of sp³-hybridized carbons (Fsp3) is 0.611. The maximum absolute atomic E-state index is 10.9. The first-order valence-electron chi connectivity index (χ1n) is 7.96. The molecule has 0 heterocycles. The Morgan fingerprint density at radius 2 is 1.60 bits per heavy atom. The molecule has 112 valence electrons. The van der Waals surface area contributed by atoms with E-state index in [4.69, 9.17) is 0 Å². The molecule has 0 aliphatic heterocycles. The summed E-state index contributed by atoms with van der Waals surface area (Å²) in [4.78, 5) is 10.9. The highest BCUT2D eigenvalue weighted by molar-refractivity contribution is 5.80. The summed E-state index contributed by atoms with van der Waals surface area (Å²) in [6.45, 7) is 4.20. The highest BCUT2D eigenvalue weighted by Gasteiger charge is 2.07. The quantitative estimate of drug-likeness (QED) is 0.471. The summed E-state index contributed by atoms with van der Waals surface area (Å²) in [6, 6.07) is 3.73. The van der Waals surface area contributed by atoms with Gasteiger partial charge in [0, 0.05) is 0 Å². The molecule has 1 aromatic carbocycles. The zero-order chi connectivity index (χ0) is 14.8. The van der Waals surface area contributed by atoms with Crippen LogP contribution in [0, 0.1) is 6.92 Å². The maximum atomic E-state index is 10.9. The van der Waals surface area contributed by atoms with Crippen LogP contribution in [0.25, 0.3) is 0 Å². The van der Waals surface area contributed by atoms with E-state index in [-0.39, 0.29) is 5.75 Å². The lowest BCUT2D eigenvalue weighted by Crippen LogP contribution is -1.93. The zero-order valence-corrected chi connectivity index (χ0v) is 13.0. The molecule has 2 heteroatoms. The molecule has 2 nitrogen and oxygen atoms in total. The average molecular weight is 276 g/mol. The number of aryl methyl sites for hydroxylation is 2. The Hall–Kier alpha value is -1.31. The van der Waals surface area contributed by atoms with Crippen molar-refractivity contribution in [2.45, 2.75) is 71.6 Å². The van der Waals surface area contributed by atoms with Gasteiger partial charge in [-0.15, -0.1) is 0 Å². The Morgan fingerprint density at radius 1 is 1.00 bits per heavy atom. The van der Waals surface area contributed by atoms with Crippen LogP contribution in [0.1, 0.15) is 79.8 Å². The Kier molecular flexibility index (Phi) is 8.01. The van der Waals surface area contributed by atoms with Gasteiger partial charge in [0.2, 0.25) is 0 Å². The minimum absolute atomic E-state index is 0.175. The van der Waals surface area contributed by atoms with Crippen molar-refractivity contribution < 1.29 is 9.90 Å². The highest BCUT2D eigenvalue weighted by atomic mass is 16.3. The number of carbonyl (C=O) groups excluding carboxylic acids is 1. The summed E-state index contributed by atoms with van der Waals surface area (Å²) in [7, 11) is 0. The van der Waals surface area contributed by atoms with Crippen molar-refractivity contribution in [3.05, 3.63) is 28.8 Å². The third-order valence-electron chi connectivity index (χ3n) is 3.79. The highest BCUT2D eigenvalue weighted by Crippen LogP contribution is 2.25. The standard InChI is InChI=1S/C18H28O2/c1-3-4-5-6-7-8-9-10-11-16-12-15(2)13-17(14-19)18(16)20/h12-14,20H,3-11H2,1-2H3. The SMILES string of the molecule is CCCCCCCCCCc1cc(C)cc(C=O)c1O. The van der Waals surface area contributed by atoms with Gasteiger partial charge in [-0.1, -0.05) is 57.9 Å². The Labute approximate surface area is 123 Å². The molecule has 0 amide bonds. The molecule has 0 atom stereocenters. The van der Waals surface area contributed by atoms with E-state index in [0.717, 1.165) is 30.3 Å². The van der Waals surface area contributed by atoms with E-state index in [9.17, 15) is 9.90 Å². The molecule has 0 unspecified atom stereocenters. The van der Waals surface area contributed by atoms with E-state index in [1.807, 2.05) is 13.0 Å². The van der Waals surface area contributed by atoms with Crippen LogP contribution in [0.15, 0.2) is 12.1 Å². The summed E-state index contributed by atoms with van der Waals surface area (Å²) in [5.41, 5.74) is 2.37. The van der Waals surface area contributed by atoms with Gasteiger partial charge in [-0.2, -0.15) is 0 Å². The number of rotatable bonds is 10. The number of phenolic OH excluding ortho intramolecular Hbond substituents is 1. The number of hydrogen-bond acceptors (Lipinski definition) is 2. The molecule has 0 spiro atoms. The number of benzene rings is 1. The molecular weight excluding hydrogens is 248 g/mol. The minimum Gasteiger partial charge on any atom is -0.507 e. The first-order valence-corrected chi connectivity index (χ1v) is 7.96. The van der Waals surface area contributed by atoms with Crippen molar-refractivity contribution in [1.29, 1.82) is 0 Å². The molecule has 0 fully saturated rings. The summed E-state index contributed by atoms with van der Waals surface area (Å²) < 4.78 is 0. The molecule has 0 aliphatic carbocycles. The van der Waals surface area contributed by atoms with E-state index >= 15 is 0 Å². The van der Waals surface area contributed by atoms with Crippen LogP contribution in [-0.2, 0) is 6.42 Å². The predicted octanol–water partition coefficient (Wildman–Crippen LogP) is 5.20. The van der Waals surface area contributed by atoms with Crippen molar-refractivity contribution >= 4 is 6.29 Å². The van der Waals surface area contributed by atoms with E-state index in [0.29, 0.717) is 5.56 Å². The minimum atomic E-state index is 0.175. The lowest BCUT2D eigenvalue weighted by atomic mass is 9.99. The Bertz CT molecular complexity index is 410. The number of aromatic hydroxyl groups is 1. The molecule has 1 aromatic rings. The van der Waals surface area contributed by atoms with E-state index in [2.05, 4.69) is 6.92 Å². The summed E-state index contributed by atoms with van der Waals surface area (Å²) >= 11 is 0. The summed E-state index contributed by atoms with van der Waals surface area (Å²) in [5, 5.41) is 9.98. The number of carbonyl (C=O) groups is 1. The van der Waals surface area contributed by atoms with Gasteiger partial charge in [0.15, 0.2) is 6.29 Å². The number of unbranched alkanes of at least 4 members (excludes halogenated alkanes) is 7. The van der Waals surface area contributed by atoms with Crippen molar-refractivity contribution in [2.24, 2.45) is 0 Å². The molecule has 0 bridgehead atoms. The van der Waals surface area contributed by atoms with Crippen LogP contribution in [-0.4, -0.2) is 11.4 Å². The topological polar surface area (TPSA) is 37.3 Å². The first kappa shape index (κ1) is 16.7. The predicted molar refractivity (Wildman–Crippen MR) is 84.5 cm³/mol. The van der Waals surface area contributed by atoms with Crippen LogP contribution < -0.4 is 0 Å². The molecule has 0 aromatic heterocycles. The Balaban J connectivity index is 2.28. The van der Waals surface area contributed by atoms with Gasteiger partial charge in [-0.25, -0.2) is 0 Å². The van der Waals surface area contributed by atoms with Gasteiger partial charge < -0.3 is 5.11 Å². The second-order valence-electron chi connectivity index (χ2n) is 5.70. The second-order valence-corrected chi connectivity index (χ2v) is 5.70. The van der Waals surface area contributed by atoms with E-state index in [1.54, 1.807) is 6.07 Å². The van der Waals surface area contributed by atoms with Gasteiger partial charge in [0.1, 0.15) is 5.75 Å². The van der Waals surface area contributed by atoms with Crippen molar-refractivity contribution in [3.63, 3.8) is 0 Å². The normalized spacial score (nSPS) is 10.7. The maximum Gasteiger partial charge on any atom is 0.153 e. The molecule has 0 radical (unpaired) electrons. The molecule has 1 N–H and O–H groups in total. The van der Waals surface area contributed by atoms with E-state index in [1.165, 1.54) is 44.9 Å². The van der Waals surface area contributed by atoms with Crippen molar-refractivity contribution in [3.8, 4) is 5.75 Å². The monoisotopic (exact) mass is 276 g/mol. The second kappa shape index (κ2) is 9.57. The van der Waals surface area contributed by atoms with Gasteiger partial charge in [0.05, 0.1) is 5.56 Å². The number of hydrogen-bond donors (Lipinski definition) is 1. The summed E-state index contributed by atoms with van der Waals surface area (Å²) in [6.07, 6.45) is 11.8. The number of phenols is 1. The van der Waals surface area contributed by atoms with Crippen molar-refractivity contribution in [2.75, 3.05) is 0 Å². The third kappa shape index (κ3) is 5.77. The van der Waals surface area contributed by atoms with Gasteiger partial charge >= 0.3 is 0 Å². The number of aldehydes is 1. The smallest absolute Gasteiger partial charge is 0.153 e. The largest absolute Gasteiger partial charge is 0.507 e. The molecule has 20 heavy (non-hydrogen) atoms. The van der Waals surface area contributed by atoms with Crippen LogP contribution in [0.2, 0.25) is 0 Å². The van der Waals surface area contributed by atoms with Gasteiger partial charge in [0.25, 0.3) is 0 Å². The molecular formula is C18H28O2. The fourth-order valence-electron chi connectivity index (χ4n) is 2.61. The van der Waals surface area contributed by atoms with Crippen molar-refractivity contribution in [1.82, 2.24) is 0 Å². The van der Waals surface area contributed by atoms with Gasteiger partial charge in [-0.3, -0.25) is 4.79 Å². The van der Waals surface area contributed by atoms with Crippen LogP contribution in [0.5, 0.6) is 5.75 Å². The van der Waals surface area contributed by atoms with Crippen LogP contribution in [0.4, 0.5) is 0 Å². The van der Waals surface area contributed by atoms with Gasteiger partial charge in [-0.05, 0) is 37.0 Å². The third-order valence-corrected chi connectivity index (χ3v) is 3.79. The lowest BCUT2D eigenvalue weighted by molar-refractivity contribution is 0.112. The Morgan fingerprint density at radius 3 is 2.20 bits per heavy atom. The molecule has 1 rings (SSSR count). The molecule has 0 saturated carbocycles. The van der Waals surface area contributed by atoms with E-state index < -0.39 is 0 Å². The first-order chi connectivity index (χ1) is 9.69. The van der Waals surface area contributed by atoms with Crippen LogP contribution >= 0.6 is 0 Å². The lowest BCUT2D eigenvalue weighted by Gasteiger charge is -2.08. The molecule has 0 aliphatic rings. The fourth-order valence-corrected chi connectivity index (χ4v) is 2.61. The average Bonchev–Trinajstić information content (AvgIpc) is 2.44. The molecule has 0 saturated heterocycles. The summed E-state index contributed by atoms with van der Waals surface area (Å²) in [5.74, 6) is 0.175. The zero-order valence-electron chi connectivity index (χ0n) is 13.0. The van der Waals surface area contributed by atoms with Crippen LogP contribution in [0.3, 0.4) is 0 Å².